The molecule has 23 heavy (non-hydrogen) atoms. The maximum atomic E-state index is 12.8. The molecule has 1 aliphatic rings. The van der Waals surface area contributed by atoms with Crippen molar-refractivity contribution in [3.63, 3.8) is 0 Å². The van der Waals surface area contributed by atoms with Crippen LogP contribution in [0.3, 0.4) is 0 Å². The van der Waals surface area contributed by atoms with Crippen molar-refractivity contribution in [2.75, 3.05) is 19.6 Å². The van der Waals surface area contributed by atoms with E-state index in [4.69, 9.17) is 0 Å². The van der Waals surface area contributed by atoms with Gasteiger partial charge in [0.15, 0.2) is 0 Å². The van der Waals surface area contributed by atoms with Crippen LogP contribution in [0, 0.1) is 5.82 Å². The molecule has 1 fully saturated rings. The zero-order valence-electron chi connectivity index (χ0n) is 13.0. The van der Waals surface area contributed by atoms with Crippen molar-refractivity contribution in [2.45, 2.75) is 25.3 Å². The molecule has 0 aliphatic carbocycles. The van der Waals surface area contributed by atoms with Crippen LogP contribution in [-0.4, -0.2) is 30.4 Å². The van der Waals surface area contributed by atoms with Gasteiger partial charge in [-0.2, -0.15) is 0 Å². The molecule has 1 aromatic heterocycles. The molecule has 3 rings (SSSR count). The van der Waals surface area contributed by atoms with Gasteiger partial charge in [0.1, 0.15) is 5.82 Å². The highest BCUT2D eigenvalue weighted by atomic mass is 32.1. The van der Waals surface area contributed by atoms with Gasteiger partial charge in [-0.15, -0.1) is 11.3 Å². The minimum atomic E-state index is -0.230. The van der Waals surface area contributed by atoms with Crippen molar-refractivity contribution >= 4 is 17.2 Å². The number of nitrogens with one attached hydrogen (secondary N) is 1. The van der Waals surface area contributed by atoms with Crippen LogP contribution in [0.1, 0.15) is 29.3 Å². The van der Waals surface area contributed by atoms with Crippen LogP contribution in [0.25, 0.3) is 0 Å². The summed E-state index contributed by atoms with van der Waals surface area (Å²) in [5, 5.41) is 5.06. The molecular weight excluding hydrogens is 311 g/mol. The van der Waals surface area contributed by atoms with Gasteiger partial charge in [0, 0.05) is 17.5 Å². The number of halogens is 1. The maximum absolute atomic E-state index is 12.8. The Kier molecular flexibility index (Phi) is 5.41. The fraction of sp³-hybridized carbons (Fsp3) is 0.389. The number of carbonyl (C=O) groups is 1. The monoisotopic (exact) mass is 332 g/mol. The maximum Gasteiger partial charge on any atom is 0.234 e. The van der Waals surface area contributed by atoms with E-state index in [-0.39, 0.29) is 11.7 Å². The van der Waals surface area contributed by atoms with Crippen LogP contribution in [-0.2, 0) is 11.2 Å². The highest BCUT2D eigenvalue weighted by Gasteiger charge is 2.27. The van der Waals surface area contributed by atoms with Gasteiger partial charge < -0.3 is 5.32 Å². The molecule has 0 saturated carbocycles. The topological polar surface area (TPSA) is 32.3 Å². The highest BCUT2D eigenvalue weighted by molar-refractivity contribution is 7.10. The van der Waals surface area contributed by atoms with E-state index in [2.05, 4.69) is 27.7 Å². The van der Waals surface area contributed by atoms with Gasteiger partial charge >= 0.3 is 0 Å². The average Bonchev–Trinajstić information content (AvgIpc) is 3.20. The summed E-state index contributed by atoms with van der Waals surface area (Å²) in [5.74, 6) is -0.165. The third kappa shape index (κ3) is 4.39. The van der Waals surface area contributed by atoms with Crippen molar-refractivity contribution in [1.29, 1.82) is 0 Å². The predicted molar refractivity (Wildman–Crippen MR) is 91.0 cm³/mol. The number of carbonyl (C=O) groups excluding carboxylic acids is 1. The van der Waals surface area contributed by atoms with E-state index < -0.39 is 0 Å². The van der Waals surface area contributed by atoms with Crippen molar-refractivity contribution in [3.05, 3.63) is 58.0 Å². The normalized spacial score (nSPS) is 18.2. The lowest BCUT2D eigenvalue weighted by molar-refractivity contribution is -0.122. The molecule has 1 unspecified atom stereocenters. The van der Waals surface area contributed by atoms with E-state index in [1.807, 2.05) is 0 Å². The Balaban J connectivity index is 1.44. The fourth-order valence-electron chi connectivity index (χ4n) is 3.06. The van der Waals surface area contributed by atoms with Gasteiger partial charge in [0.05, 0.1) is 6.54 Å². The molecule has 3 nitrogen and oxygen atoms in total. The summed E-state index contributed by atoms with van der Waals surface area (Å²) in [4.78, 5) is 15.8. The molecule has 0 bridgehead atoms. The first-order valence-corrected chi connectivity index (χ1v) is 8.89. The number of nitrogens with zero attached hydrogens (tertiary/aromatic N) is 1. The number of hydrogen-bond donors (Lipinski definition) is 1. The lowest BCUT2D eigenvalue weighted by atomic mass is 10.1. The first kappa shape index (κ1) is 16.1. The van der Waals surface area contributed by atoms with Crippen LogP contribution in [0.2, 0.25) is 0 Å². The van der Waals surface area contributed by atoms with E-state index in [0.717, 1.165) is 31.4 Å². The van der Waals surface area contributed by atoms with Gasteiger partial charge in [-0.05, 0) is 54.9 Å². The van der Waals surface area contributed by atoms with Crippen molar-refractivity contribution < 1.29 is 9.18 Å². The van der Waals surface area contributed by atoms with E-state index >= 15 is 0 Å². The average molecular weight is 332 g/mol. The molecule has 1 saturated heterocycles. The first-order chi connectivity index (χ1) is 11.2. The van der Waals surface area contributed by atoms with Gasteiger partial charge in [0.25, 0.3) is 0 Å². The lowest BCUT2D eigenvalue weighted by Crippen LogP contribution is -2.37. The Hall–Kier alpha value is -1.72. The number of amides is 1. The molecule has 2 heterocycles. The van der Waals surface area contributed by atoms with Gasteiger partial charge in [-0.1, -0.05) is 18.2 Å². The summed E-state index contributed by atoms with van der Waals surface area (Å²) in [5.41, 5.74) is 1.03. The van der Waals surface area contributed by atoms with Crippen LogP contribution in [0.5, 0.6) is 0 Å². The molecule has 1 atom stereocenters. The predicted octanol–water partition coefficient (Wildman–Crippen LogP) is 3.38. The lowest BCUT2D eigenvalue weighted by Gasteiger charge is -2.22. The number of rotatable bonds is 6. The quantitative estimate of drug-likeness (QED) is 0.879. The first-order valence-electron chi connectivity index (χ1n) is 8.01. The molecule has 1 amide bonds. The van der Waals surface area contributed by atoms with Crippen molar-refractivity contribution in [3.8, 4) is 0 Å². The molecule has 1 aliphatic heterocycles. The minimum absolute atomic E-state index is 0.0653. The molecule has 0 spiro atoms. The Morgan fingerprint density at radius 3 is 2.87 bits per heavy atom. The Morgan fingerprint density at radius 1 is 1.30 bits per heavy atom. The Morgan fingerprint density at radius 2 is 2.13 bits per heavy atom. The third-order valence-electron chi connectivity index (χ3n) is 4.23. The summed E-state index contributed by atoms with van der Waals surface area (Å²) in [7, 11) is 0. The zero-order chi connectivity index (χ0) is 16.1. The van der Waals surface area contributed by atoms with Gasteiger partial charge in [-0.25, -0.2) is 4.39 Å². The Labute approximate surface area is 140 Å². The molecule has 2 aromatic rings. The van der Waals surface area contributed by atoms with Crippen LogP contribution >= 0.6 is 11.3 Å². The van der Waals surface area contributed by atoms with Crippen LogP contribution in [0.15, 0.2) is 41.8 Å². The van der Waals surface area contributed by atoms with Crippen LogP contribution < -0.4 is 5.32 Å². The SMILES string of the molecule is O=C(CN1CCCC1c1cccs1)NCCc1ccc(F)cc1. The summed E-state index contributed by atoms with van der Waals surface area (Å²) in [6.45, 7) is 2.02. The van der Waals surface area contributed by atoms with E-state index in [1.165, 1.54) is 17.0 Å². The second-order valence-electron chi connectivity index (χ2n) is 5.87. The third-order valence-corrected chi connectivity index (χ3v) is 5.20. The second kappa shape index (κ2) is 7.70. The molecule has 0 radical (unpaired) electrons. The van der Waals surface area contributed by atoms with Crippen molar-refractivity contribution in [1.82, 2.24) is 10.2 Å². The number of hydrogen-bond acceptors (Lipinski definition) is 3. The minimum Gasteiger partial charge on any atom is -0.355 e. The summed E-state index contributed by atoms with van der Waals surface area (Å²) in [6.07, 6.45) is 3.00. The molecule has 122 valence electrons. The van der Waals surface area contributed by atoms with E-state index in [9.17, 15) is 9.18 Å². The van der Waals surface area contributed by atoms with E-state index in [0.29, 0.717) is 19.1 Å². The second-order valence-corrected chi connectivity index (χ2v) is 6.85. The molecule has 1 N–H and O–H groups in total. The summed E-state index contributed by atoms with van der Waals surface area (Å²) < 4.78 is 12.8. The van der Waals surface area contributed by atoms with Crippen molar-refractivity contribution in [2.24, 2.45) is 0 Å². The molecular formula is C18H21FN2OS. The van der Waals surface area contributed by atoms with Gasteiger partial charge in [-0.3, -0.25) is 9.69 Å². The van der Waals surface area contributed by atoms with Crippen LogP contribution in [0.4, 0.5) is 4.39 Å². The Bertz CT molecular complexity index is 627. The number of thiophene rings is 1. The smallest absolute Gasteiger partial charge is 0.234 e. The standard InChI is InChI=1S/C18H21FN2OS/c19-15-7-5-14(6-8-15)9-10-20-18(22)13-21-11-1-3-16(21)17-4-2-12-23-17/h2,4-8,12,16H,1,3,9-11,13H2,(H,20,22). The van der Waals surface area contributed by atoms with Gasteiger partial charge in [0.2, 0.25) is 5.91 Å². The largest absolute Gasteiger partial charge is 0.355 e. The van der Waals surface area contributed by atoms with E-state index in [1.54, 1.807) is 23.5 Å². The molecule has 1 aromatic carbocycles. The summed E-state index contributed by atoms with van der Waals surface area (Å²) >= 11 is 1.76. The number of likely N-dealkylation sites (tertiary alicyclic amines) is 1. The summed E-state index contributed by atoms with van der Waals surface area (Å²) in [6, 6.07) is 11.0. The fourth-order valence-corrected chi connectivity index (χ4v) is 3.95. The zero-order valence-corrected chi connectivity index (χ0v) is 13.8. The highest BCUT2D eigenvalue weighted by Crippen LogP contribution is 2.33. The number of benzene rings is 1. The molecule has 5 heteroatoms.